The van der Waals surface area contributed by atoms with Crippen LogP contribution in [0.4, 0.5) is 0 Å². The Kier molecular flexibility index (Phi) is 5.45. The van der Waals surface area contributed by atoms with E-state index in [2.05, 4.69) is 4.98 Å². The summed E-state index contributed by atoms with van der Waals surface area (Å²) in [5, 5.41) is 0.591. The molecule has 0 saturated heterocycles. The standard InChI is InChI=1S/C23H19ClN2O3S/c1-13-21(25-23-26(22(13)28)14(2)15(3)30-23)29-12-16-4-6-17(7-5-16)20(27)18-8-10-19(24)11-9-18/h4-11H,12H2,1-3H3. The van der Waals surface area contributed by atoms with E-state index >= 15 is 0 Å². The number of aromatic nitrogens is 2. The average molecular weight is 439 g/mol. The third kappa shape index (κ3) is 3.76. The number of carbonyl (C=O) groups excluding carboxylic acids is 1. The Bertz CT molecular complexity index is 1310. The van der Waals surface area contributed by atoms with Gasteiger partial charge in [-0.15, -0.1) is 11.3 Å². The van der Waals surface area contributed by atoms with Gasteiger partial charge in [0.2, 0.25) is 5.88 Å². The fraction of sp³-hybridized carbons (Fsp3) is 0.174. The number of hydrogen-bond donors (Lipinski definition) is 0. The van der Waals surface area contributed by atoms with E-state index in [4.69, 9.17) is 16.3 Å². The molecule has 4 aromatic rings. The Labute approximate surface area is 182 Å². The molecule has 0 atom stereocenters. The Morgan fingerprint density at radius 1 is 1.03 bits per heavy atom. The van der Waals surface area contributed by atoms with Gasteiger partial charge in [-0.2, -0.15) is 4.98 Å². The highest BCUT2D eigenvalue weighted by Gasteiger charge is 2.15. The molecule has 4 rings (SSSR count). The summed E-state index contributed by atoms with van der Waals surface area (Å²) >= 11 is 7.35. The minimum Gasteiger partial charge on any atom is -0.472 e. The zero-order chi connectivity index (χ0) is 21.4. The van der Waals surface area contributed by atoms with Gasteiger partial charge in [0.25, 0.3) is 5.56 Å². The number of benzene rings is 2. The van der Waals surface area contributed by atoms with Crippen LogP contribution in [-0.4, -0.2) is 15.2 Å². The van der Waals surface area contributed by atoms with E-state index < -0.39 is 0 Å². The molecular weight excluding hydrogens is 420 g/mol. The lowest BCUT2D eigenvalue weighted by Gasteiger charge is -2.09. The first kappa shape index (κ1) is 20.3. The van der Waals surface area contributed by atoms with Crippen molar-refractivity contribution in [1.29, 1.82) is 0 Å². The van der Waals surface area contributed by atoms with Gasteiger partial charge in [-0.3, -0.25) is 14.0 Å². The maximum absolute atomic E-state index is 12.7. The van der Waals surface area contributed by atoms with Crippen molar-refractivity contribution in [3.8, 4) is 5.88 Å². The van der Waals surface area contributed by atoms with Crippen LogP contribution in [0.2, 0.25) is 5.02 Å². The molecule has 0 amide bonds. The molecule has 0 N–H and O–H groups in total. The molecule has 0 bridgehead atoms. The molecule has 0 aliphatic rings. The molecule has 0 saturated carbocycles. The number of aryl methyl sites for hydroxylation is 2. The summed E-state index contributed by atoms with van der Waals surface area (Å²) in [6, 6.07) is 14.0. The monoisotopic (exact) mass is 438 g/mol. The van der Waals surface area contributed by atoms with Gasteiger partial charge in [0, 0.05) is 26.7 Å². The van der Waals surface area contributed by atoms with Gasteiger partial charge in [-0.05, 0) is 50.6 Å². The first-order valence-electron chi connectivity index (χ1n) is 9.36. The summed E-state index contributed by atoms with van der Waals surface area (Å²) in [4.78, 5) is 31.4. The van der Waals surface area contributed by atoms with Gasteiger partial charge < -0.3 is 4.74 Å². The number of thiazole rings is 1. The Morgan fingerprint density at radius 2 is 1.63 bits per heavy atom. The SMILES string of the molecule is Cc1sc2nc(OCc3ccc(C(=O)c4ccc(Cl)cc4)cc3)c(C)c(=O)n2c1C. The van der Waals surface area contributed by atoms with Crippen LogP contribution in [0.5, 0.6) is 5.88 Å². The molecule has 152 valence electrons. The molecule has 5 nitrogen and oxygen atoms in total. The largest absolute Gasteiger partial charge is 0.472 e. The molecule has 0 unspecified atom stereocenters. The van der Waals surface area contributed by atoms with Gasteiger partial charge in [0.05, 0.1) is 5.56 Å². The number of nitrogens with zero attached hydrogens (tertiary/aromatic N) is 2. The lowest BCUT2D eigenvalue weighted by Crippen LogP contribution is -2.19. The van der Waals surface area contributed by atoms with Crippen molar-refractivity contribution < 1.29 is 9.53 Å². The van der Waals surface area contributed by atoms with Crippen molar-refractivity contribution in [1.82, 2.24) is 9.38 Å². The highest BCUT2D eigenvalue weighted by molar-refractivity contribution is 7.17. The molecular formula is C23H19ClN2O3S. The lowest BCUT2D eigenvalue weighted by atomic mass is 10.0. The van der Waals surface area contributed by atoms with Crippen LogP contribution in [-0.2, 0) is 6.61 Å². The van der Waals surface area contributed by atoms with E-state index in [9.17, 15) is 9.59 Å². The Morgan fingerprint density at radius 3 is 2.27 bits per heavy atom. The molecule has 0 fully saturated rings. The molecule has 2 aromatic heterocycles. The van der Waals surface area contributed by atoms with E-state index in [1.54, 1.807) is 47.7 Å². The van der Waals surface area contributed by atoms with Crippen LogP contribution in [0, 0.1) is 20.8 Å². The Hall–Kier alpha value is -2.96. The van der Waals surface area contributed by atoms with E-state index in [0.29, 0.717) is 32.6 Å². The van der Waals surface area contributed by atoms with Crippen LogP contribution >= 0.6 is 22.9 Å². The zero-order valence-electron chi connectivity index (χ0n) is 16.7. The fourth-order valence-electron chi connectivity index (χ4n) is 3.11. The minimum absolute atomic E-state index is 0.0708. The third-order valence-electron chi connectivity index (χ3n) is 5.02. The van der Waals surface area contributed by atoms with Crippen molar-refractivity contribution in [3.63, 3.8) is 0 Å². The van der Waals surface area contributed by atoms with E-state index in [1.807, 2.05) is 26.0 Å². The molecule has 2 aromatic carbocycles. The summed E-state index contributed by atoms with van der Waals surface area (Å²) in [5.41, 5.74) is 3.31. The second kappa shape index (κ2) is 8.05. The van der Waals surface area contributed by atoms with Crippen LogP contribution < -0.4 is 10.3 Å². The second-order valence-corrected chi connectivity index (χ2v) is 8.65. The van der Waals surface area contributed by atoms with Crippen molar-refractivity contribution in [2.45, 2.75) is 27.4 Å². The van der Waals surface area contributed by atoms with Crippen LogP contribution in [0.25, 0.3) is 4.96 Å². The van der Waals surface area contributed by atoms with Crippen molar-refractivity contribution in [2.24, 2.45) is 0 Å². The lowest BCUT2D eigenvalue weighted by molar-refractivity contribution is 0.103. The second-order valence-electron chi connectivity index (χ2n) is 7.03. The summed E-state index contributed by atoms with van der Waals surface area (Å²) in [6.07, 6.45) is 0. The minimum atomic E-state index is -0.110. The summed E-state index contributed by atoms with van der Waals surface area (Å²) in [6.45, 7) is 5.85. The zero-order valence-corrected chi connectivity index (χ0v) is 18.3. The molecule has 0 aliphatic heterocycles. The topological polar surface area (TPSA) is 60.7 Å². The van der Waals surface area contributed by atoms with E-state index in [0.717, 1.165) is 16.1 Å². The van der Waals surface area contributed by atoms with Gasteiger partial charge in [-0.25, -0.2) is 0 Å². The normalized spacial score (nSPS) is 11.1. The van der Waals surface area contributed by atoms with E-state index in [-0.39, 0.29) is 17.9 Å². The molecule has 30 heavy (non-hydrogen) atoms. The number of fused-ring (bicyclic) bond motifs is 1. The molecule has 7 heteroatoms. The molecule has 2 heterocycles. The predicted molar refractivity (Wildman–Crippen MR) is 119 cm³/mol. The first-order chi connectivity index (χ1) is 14.3. The highest BCUT2D eigenvalue weighted by Crippen LogP contribution is 2.23. The fourth-order valence-corrected chi connectivity index (χ4v) is 4.19. The highest BCUT2D eigenvalue weighted by atomic mass is 35.5. The van der Waals surface area contributed by atoms with Crippen LogP contribution in [0.3, 0.4) is 0 Å². The maximum atomic E-state index is 12.7. The number of halogens is 1. The summed E-state index contributed by atoms with van der Waals surface area (Å²) in [7, 11) is 0. The van der Waals surface area contributed by atoms with Gasteiger partial charge in [0.15, 0.2) is 10.7 Å². The summed E-state index contributed by atoms with van der Waals surface area (Å²) < 4.78 is 7.47. The quantitative estimate of drug-likeness (QED) is 0.404. The number of ether oxygens (including phenoxy) is 1. The van der Waals surface area contributed by atoms with Gasteiger partial charge in [0.1, 0.15) is 6.61 Å². The van der Waals surface area contributed by atoms with Gasteiger partial charge in [-0.1, -0.05) is 35.9 Å². The molecule has 0 aliphatic carbocycles. The maximum Gasteiger partial charge on any atom is 0.265 e. The van der Waals surface area contributed by atoms with Crippen LogP contribution in [0.15, 0.2) is 53.3 Å². The van der Waals surface area contributed by atoms with Crippen molar-refractivity contribution >= 4 is 33.7 Å². The molecule has 0 spiro atoms. The number of ketones is 1. The van der Waals surface area contributed by atoms with Crippen molar-refractivity contribution in [2.75, 3.05) is 0 Å². The summed E-state index contributed by atoms with van der Waals surface area (Å²) in [5.74, 6) is 0.265. The smallest absolute Gasteiger partial charge is 0.265 e. The number of rotatable bonds is 5. The van der Waals surface area contributed by atoms with Gasteiger partial charge >= 0.3 is 0 Å². The third-order valence-corrected chi connectivity index (χ3v) is 6.33. The number of hydrogen-bond acceptors (Lipinski definition) is 5. The number of carbonyl (C=O) groups is 1. The molecule has 0 radical (unpaired) electrons. The van der Waals surface area contributed by atoms with E-state index in [1.165, 1.54) is 11.3 Å². The predicted octanol–water partition coefficient (Wildman–Crippen LogP) is 5.14. The van der Waals surface area contributed by atoms with Crippen LogP contribution in [0.1, 0.15) is 37.6 Å². The Balaban J connectivity index is 1.52. The first-order valence-corrected chi connectivity index (χ1v) is 10.6. The average Bonchev–Trinajstić information content (AvgIpc) is 3.03. The van der Waals surface area contributed by atoms with Crippen molar-refractivity contribution in [3.05, 3.63) is 96.7 Å².